The molecule has 0 radical (unpaired) electrons. The minimum Gasteiger partial charge on any atom is -0.392 e. The third kappa shape index (κ3) is 3.46. The largest absolute Gasteiger partial charge is 0.392 e. The molecule has 0 aromatic rings. The van der Waals surface area contributed by atoms with Crippen molar-refractivity contribution in [1.29, 1.82) is 0 Å². The average Bonchev–Trinajstić information content (AvgIpc) is 2.74. The lowest BCUT2D eigenvalue weighted by Gasteiger charge is -2.32. The van der Waals surface area contributed by atoms with Gasteiger partial charge in [0.15, 0.2) is 0 Å². The number of nitrogens with one attached hydrogen (secondary N) is 1. The van der Waals surface area contributed by atoms with Crippen molar-refractivity contribution in [3.63, 3.8) is 0 Å². The van der Waals surface area contributed by atoms with Gasteiger partial charge in [-0.1, -0.05) is 38.5 Å². The fourth-order valence-corrected chi connectivity index (χ4v) is 3.49. The van der Waals surface area contributed by atoms with Crippen LogP contribution in [0.5, 0.6) is 0 Å². The summed E-state index contributed by atoms with van der Waals surface area (Å²) in [6, 6.07) is 0.950. The van der Waals surface area contributed by atoms with E-state index < -0.39 is 0 Å². The van der Waals surface area contributed by atoms with Gasteiger partial charge in [-0.2, -0.15) is 0 Å². The van der Waals surface area contributed by atoms with Gasteiger partial charge in [-0.3, -0.25) is 0 Å². The summed E-state index contributed by atoms with van der Waals surface area (Å²) in [4.78, 5) is 0. The molecule has 0 spiro atoms. The van der Waals surface area contributed by atoms with Crippen LogP contribution in [0.2, 0.25) is 0 Å². The lowest BCUT2D eigenvalue weighted by molar-refractivity contribution is 0.0841. The lowest BCUT2D eigenvalue weighted by Crippen LogP contribution is -2.46. The molecular weight excluding hydrogens is 198 g/mol. The van der Waals surface area contributed by atoms with Crippen LogP contribution in [0.4, 0.5) is 0 Å². The lowest BCUT2D eigenvalue weighted by atomic mass is 9.91. The van der Waals surface area contributed by atoms with Gasteiger partial charge in [0.1, 0.15) is 0 Å². The SMILES string of the molecule is CC(CC1CCCC1)NC1CCCCC1O. The van der Waals surface area contributed by atoms with Crippen molar-refractivity contribution in [3.05, 3.63) is 0 Å². The van der Waals surface area contributed by atoms with E-state index in [9.17, 15) is 5.11 Å². The van der Waals surface area contributed by atoms with Crippen LogP contribution in [0.15, 0.2) is 0 Å². The third-order valence-corrected chi connectivity index (χ3v) is 4.39. The predicted molar refractivity (Wildman–Crippen MR) is 67.4 cm³/mol. The maximum atomic E-state index is 9.92. The maximum Gasteiger partial charge on any atom is 0.0693 e. The number of aliphatic hydroxyl groups excluding tert-OH is 1. The van der Waals surface area contributed by atoms with Crippen molar-refractivity contribution in [2.45, 2.75) is 82.9 Å². The van der Waals surface area contributed by atoms with Crippen molar-refractivity contribution >= 4 is 0 Å². The van der Waals surface area contributed by atoms with E-state index in [1.165, 1.54) is 44.9 Å². The van der Waals surface area contributed by atoms with Crippen LogP contribution in [0.1, 0.15) is 64.7 Å². The smallest absolute Gasteiger partial charge is 0.0693 e. The molecule has 0 saturated heterocycles. The molecule has 0 amide bonds. The average molecular weight is 225 g/mol. The summed E-state index contributed by atoms with van der Waals surface area (Å²) in [6.07, 6.45) is 11.6. The first kappa shape index (κ1) is 12.4. The summed E-state index contributed by atoms with van der Waals surface area (Å²) >= 11 is 0. The first-order valence-corrected chi connectivity index (χ1v) is 7.20. The Bertz CT molecular complexity index is 201. The topological polar surface area (TPSA) is 32.3 Å². The van der Waals surface area contributed by atoms with Crippen molar-refractivity contribution < 1.29 is 5.11 Å². The Hall–Kier alpha value is -0.0800. The van der Waals surface area contributed by atoms with Gasteiger partial charge in [-0.15, -0.1) is 0 Å². The second-order valence-corrected chi connectivity index (χ2v) is 5.91. The van der Waals surface area contributed by atoms with Crippen LogP contribution in [-0.2, 0) is 0 Å². The van der Waals surface area contributed by atoms with E-state index in [-0.39, 0.29) is 6.10 Å². The summed E-state index contributed by atoms with van der Waals surface area (Å²) in [6.45, 7) is 2.29. The molecule has 2 aliphatic carbocycles. The van der Waals surface area contributed by atoms with Crippen molar-refractivity contribution in [1.82, 2.24) is 5.32 Å². The summed E-state index contributed by atoms with van der Waals surface area (Å²) in [5, 5.41) is 13.6. The van der Waals surface area contributed by atoms with E-state index in [4.69, 9.17) is 0 Å². The number of hydrogen-bond acceptors (Lipinski definition) is 2. The highest BCUT2D eigenvalue weighted by molar-refractivity contribution is 4.83. The molecular formula is C14H27NO. The van der Waals surface area contributed by atoms with Crippen LogP contribution < -0.4 is 5.32 Å². The monoisotopic (exact) mass is 225 g/mol. The minimum atomic E-state index is -0.0974. The molecule has 2 heteroatoms. The Morgan fingerprint density at radius 2 is 1.69 bits per heavy atom. The quantitative estimate of drug-likeness (QED) is 0.771. The van der Waals surface area contributed by atoms with E-state index in [1.807, 2.05) is 0 Å². The van der Waals surface area contributed by atoms with Crippen LogP contribution in [0.25, 0.3) is 0 Å². The Morgan fingerprint density at radius 1 is 1.06 bits per heavy atom. The summed E-state index contributed by atoms with van der Waals surface area (Å²) < 4.78 is 0. The van der Waals surface area contributed by atoms with E-state index in [2.05, 4.69) is 12.2 Å². The van der Waals surface area contributed by atoms with Gasteiger partial charge in [0.05, 0.1) is 6.10 Å². The molecule has 3 atom stereocenters. The molecule has 0 aromatic carbocycles. The van der Waals surface area contributed by atoms with Gasteiger partial charge in [0, 0.05) is 12.1 Å². The highest BCUT2D eigenvalue weighted by Gasteiger charge is 2.25. The molecule has 0 bridgehead atoms. The first-order chi connectivity index (χ1) is 7.75. The molecule has 2 aliphatic rings. The minimum absolute atomic E-state index is 0.0974. The summed E-state index contributed by atoms with van der Waals surface area (Å²) in [7, 11) is 0. The number of rotatable bonds is 4. The normalized spacial score (nSPS) is 34.1. The standard InChI is InChI=1S/C14H27NO/c1-11(10-12-6-2-3-7-12)15-13-8-4-5-9-14(13)16/h11-16H,2-10H2,1H3. The molecule has 0 aromatic heterocycles. The fourth-order valence-electron chi connectivity index (χ4n) is 3.49. The predicted octanol–water partition coefficient (Wildman–Crippen LogP) is 2.85. The van der Waals surface area contributed by atoms with Crippen LogP contribution in [0, 0.1) is 5.92 Å². The highest BCUT2D eigenvalue weighted by atomic mass is 16.3. The van der Waals surface area contributed by atoms with Crippen LogP contribution >= 0.6 is 0 Å². The van der Waals surface area contributed by atoms with Crippen molar-refractivity contribution in [2.75, 3.05) is 0 Å². The third-order valence-electron chi connectivity index (χ3n) is 4.39. The molecule has 94 valence electrons. The van der Waals surface area contributed by atoms with Gasteiger partial charge in [-0.05, 0) is 32.1 Å². The van der Waals surface area contributed by atoms with Gasteiger partial charge in [0.25, 0.3) is 0 Å². The highest BCUT2D eigenvalue weighted by Crippen LogP contribution is 2.29. The second kappa shape index (κ2) is 6.02. The maximum absolute atomic E-state index is 9.92. The van der Waals surface area contributed by atoms with E-state index in [0.717, 1.165) is 18.8 Å². The second-order valence-electron chi connectivity index (χ2n) is 5.91. The zero-order valence-electron chi connectivity index (χ0n) is 10.6. The van der Waals surface area contributed by atoms with Crippen molar-refractivity contribution in [2.24, 2.45) is 5.92 Å². The number of hydrogen-bond donors (Lipinski definition) is 2. The van der Waals surface area contributed by atoms with Crippen LogP contribution in [-0.4, -0.2) is 23.3 Å². The van der Waals surface area contributed by atoms with Gasteiger partial charge in [-0.25, -0.2) is 0 Å². The van der Waals surface area contributed by atoms with Crippen molar-refractivity contribution in [3.8, 4) is 0 Å². The van der Waals surface area contributed by atoms with Gasteiger partial charge in [0.2, 0.25) is 0 Å². The first-order valence-electron chi connectivity index (χ1n) is 7.20. The number of aliphatic hydroxyl groups is 1. The zero-order chi connectivity index (χ0) is 11.4. The Morgan fingerprint density at radius 3 is 2.38 bits per heavy atom. The molecule has 3 unspecified atom stereocenters. The Labute approximate surface area is 99.8 Å². The van der Waals surface area contributed by atoms with E-state index in [1.54, 1.807) is 0 Å². The summed E-state index contributed by atoms with van der Waals surface area (Å²) in [5.74, 6) is 0.947. The van der Waals surface area contributed by atoms with Gasteiger partial charge >= 0.3 is 0 Å². The molecule has 2 saturated carbocycles. The van der Waals surface area contributed by atoms with E-state index >= 15 is 0 Å². The molecule has 0 heterocycles. The fraction of sp³-hybridized carbons (Fsp3) is 1.00. The molecule has 2 N–H and O–H groups in total. The van der Waals surface area contributed by atoms with E-state index in [0.29, 0.717) is 12.1 Å². The molecule has 2 nitrogen and oxygen atoms in total. The molecule has 2 rings (SSSR count). The Kier molecular flexibility index (Phi) is 4.66. The zero-order valence-corrected chi connectivity index (χ0v) is 10.6. The van der Waals surface area contributed by atoms with Gasteiger partial charge < -0.3 is 10.4 Å². The summed E-state index contributed by atoms with van der Waals surface area (Å²) in [5.41, 5.74) is 0. The molecule has 2 fully saturated rings. The van der Waals surface area contributed by atoms with Crippen LogP contribution in [0.3, 0.4) is 0 Å². The Balaban J connectivity index is 1.70. The molecule has 16 heavy (non-hydrogen) atoms. The molecule has 0 aliphatic heterocycles.